The predicted molar refractivity (Wildman–Crippen MR) is 65.5 cm³/mol. The predicted octanol–water partition coefficient (Wildman–Crippen LogP) is 3.44. The maximum atomic E-state index is 9.68. The van der Waals surface area contributed by atoms with Crippen molar-refractivity contribution in [2.45, 2.75) is 59.5 Å². The van der Waals surface area contributed by atoms with Crippen molar-refractivity contribution < 1.29 is 5.11 Å². The molecule has 84 valence electrons. The summed E-state index contributed by atoms with van der Waals surface area (Å²) in [5, 5.41) is 9.68. The molecule has 0 bridgehead atoms. The van der Waals surface area contributed by atoms with Gasteiger partial charge in [0.15, 0.2) is 0 Å². The average Bonchev–Trinajstić information content (AvgIpc) is 2.11. The van der Waals surface area contributed by atoms with Crippen LogP contribution in [0.4, 0.5) is 0 Å². The Hall–Kier alpha value is -0.960. The number of hydrogen-bond donors (Lipinski definition) is 1. The van der Waals surface area contributed by atoms with Crippen molar-refractivity contribution in [3.8, 4) is 11.8 Å². The molecule has 1 heteroatoms. The Labute approximate surface area is 93.9 Å². The summed E-state index contributed by atoms with van der Waals surface area (Å²) in [6.07, 6.45) is 3.27. The number of aliphatic hydroxyl groups is 1. The van der Waals surface area contributed by atoms with E-state index in [1.54, 1.807) is 13.8 Å². The lowest BCUT2D eigenvalue weighted by molar-refractivity contribution is 0.120. The summed E-state index contributed by atoms with van der Waals surface area (Å²) >= 11 is 0. The summed E-state index contributed by atoms with van der Waals surface area (Å²) in [4.78, 5) is 0. The topological polar surface area (TPSA) is 20.2 Å². The molecule has 0 rings (SSSR count). The van der Waals surface area contributed by atoms with Crippen LogP contribution in [0.25, 0.3) is 0 Å². The van der Waals surface area contributed by atoms with E-state index in [-0.39, 0.29) is 0 Å². The van der Waals surface area contributed by atoms with Gasteiger partial charge < -0.3 is 5.11 Å². The molecule has 15 heavy (non-hydrogen) atoms. The zero-order valence-corrected chi connectivity index (χ0v) is 10.6. The lowest BCUT2D eigenvalue weighted by atomic mass is 10.0. The summed E-state index contributed by atoms with van der Waals surface area (Å²) < 4.78 is 0. The van der Waals surface area contributed by atoms with Gasteiger partial charge in [-0.25, -0.2) is 0 Å². The molecule has 1 N–H and O–H groups in total. The third-order valence-electron chi connectivity index (χ3n) is 2.22. The first-order chi connectivity index (χ1) is 6.88. The van der Waals surface area contributed by atoms with Crippen LogP contribution in [-0.2, 0) is 0 Å². The van der Waals surface area contributed by atoms with Crippen LogP contribution in [0.1, 0.15) is 53.9 Å². The van der Waals surface area contributed by atoms with Gasteiger partial charge in [-0.1, -0.05) is 25.2 Å². The Bertz CT molecular complexity index is 311. The van der Waals surface area contributed by atoms with E-state index in [2.05, 4.69) is 24.5 Å². The first-order valence-corrected chi connectivity index (χ1v) is 5.53. The van der Waals surface area contributed by atoms with Crippen molar-refractivity contribution in [3.63, 3.8) is 0 Å². The quantitative estimate of drug-likeness (QED) is 0.426. The van der Waals surface area contributed by atoms with E-state index in [0.717, 1.165) is 24.0 Å². The molecule has 0 fully saturated rings. The van der Waals surface area contributed by atoms with Gasteiger partial charge >= 0.3 is 0 Å². The Kier molecular flexibility index (Phi) is 6.09. The van der Waals surface area contributed by atoms with E-state index in [9.17, 15) is 5.11 Å². The normalized spacial score (nSPS) is 10.0. The second kappa shape index (κ2) is 6.51. The first-order valence-electron chi connectivity index (χ1n) is 5.53. The second-order valence-electron chi connectivity index (χ2n) is 4.34. The average molecular weight is 206 g/mol. The molecule has 0 aliphatic heterocycles. The molecule has 0 heterocycles. The maximum Gasteiger partial charge on any atom is 0.0871 e. The molecule has 0 aliphatic rings. The standard InChI is InChI=1S/C14H22O/c1-6-7-8-9-10-12(2)11-13(3)14(4,5)15/h15H,6-8H2,1-5H3. The molecule has 0 saturated carbocycles. The zero-order chi connectivity index (χ0) is 11.9. The maximum absolute atomic E-state index is 9.68. The molecule has 0 aromatic heterocycles. The van der Waals surface area contributed by atoms with E-state index < -0.39 is 5.60 Å². The van der Waals surface area contributed by atoms with Gasteiger partial charge in [0.05, 0.1) is 5.60 Å². The van der Waals surface area contributed by atoms with Crippen LogP contribution in [0.3, 0.4) is 0 Å². The SMILES string of the molecule is CCCCC#CC(C)=C=C(C)C(C)(C)O. The molecule has 0 aromatic rings. The van der Waals surface area contributed by atoms with Crippen LogP contribution in [0.2, 0.25) is 0 Å². The minimum atomic E-state index is -0.799. The van der Waals surface area contributed by atoms with Crippen LogP contribution in [0, 0.1) is 11.8 Å². The van der Waals surface area contributed by atoms with Crippen LogP contribution in [-0.4, -0.2) is 10.7 Å². The van der Waals surface area contributed by atoms with Crippen molar-refractivity contribution >= 4 is 0 Å². The van der Waals surface area contributed by atoms with E-state index in [0.29, 0.717) is 0 Å². The highest BCUT2D eigenvalue weighted by Gasteiger charge is 2.13. The lowest BCUT2D eigenvalue weighted by Gasteiger charge is -2.15. The molecule has 0 spiro atoms. The fourth-order valence-electron chi connectivity index (χ4n) is 0.926. The highest BCUT2D eigenvalue weighted by atomic mass is 16.3. The van der Waals surface area contributed by atoms with E-state index in [1.165, 1.54) is 6.42 Å². The zero-order valence-electron chi connectivity index (χ0n) is 10.6. The highest BCUT2D eigenvalue weighted by Crippen LogP contribution is 2.13. The Morgan fingerprint density at radius 2 is 1.87 bits per heavy atom. The monoisotopic (exact) mass is 206 g/mol. The van der Waals surface area contributed by atoms with Gasteiger partial charge in [0, 0.05) is 17.6 Å². The van der Waals surface area contributed by atoms with Crippen LogP contribution < -0.4 is 0 Å². The largest absolute Gasteiger partial charge is 0.385 e. The highest BCUT2D eigenvalue weighted by molar-refractivity contribution is 5.28. The van der Waals surface area contributed by atoms with E-state index in [1.807, 2.05) is 13.8 Å². The van der Waals surface area contributed by atoms with Crippen molar-refractivity contribution in [1.82, 2.24) is 0 Å². The molecule has 0 aromatic carbocycles. The minimum Gasteiger partial charge on any atom is -0.385 e. The minimum absolute atomic E-state index is 0.799. The van der Waals surface area contributed by atoms with Gasteiger partial charge in [-0.05, 0) is 34.1 Å². The molecule has 0 unspecified atom stereocenters. The van der Waals surface area contributed by atoms with Crippen molar-refractivity contribution in [1.29, 1.82) is 0 Å². The summed E-state index contributed by atoms with van der Waals surface area (Å²) in [6, 6.07) is 0. The summed E-state index contributed by atoms with van der Waals surface area (Å²) in [5.74, 6) is 6.14. The van der Waals surface area contributed by atoms with Gasteiger partial charge in [-0.2, -0.15) is 0 Å². The third-order valence-corrected chi connectivity index (χ3v) is 2.22. The second-order valence-corrected chi connectivity index (χ2v) is 4.34. The number of rotatable bonds is 3. The smallest absolute Gasteiger partial charge is 0.0871 e. The van der Waals surface area contributed by atoms with Gasteiger partial charge in [0.1, 0.15) is 0 Å². The molecule has 0 amide bonds. The first kappa shape index (κ1) is 14.0. The van der Waals surface area contributed by atoms with Crippen LogP contribution in [0.15, 0.2) is 16.9 Å². The molecule has 0 atom stereocenters. The number of unbranched alkanes of at least 4 members (excludes halogenated alkanes) is 2. The molecular formula is C14H22O. The Morgan fingerprint density at radius 3 is 2.33 bits per heavy atom. The van der Waals surface area contributed by atoms with E-state index >= 15 is 0 Å². The Morgan fingerprint density at radius 1 is 1.27 bits per heavy atom. The molecule has 0 aliphatic carbocycles. The number of hydrogen-bond acceptors (Lipinski definition) is 1. The van der Waals surface area contributed by atoms with Crippen molar-refractivity contribution in [2.75, 3.05) is 0 Å². The third kappa shape index (κ3) is 7.03. The molecular weight excluding hydrogens is 184 g/mol. The van der Waals surface area contributed by atoms with E-state index in [4.69, 9.17) is 0 Å². The summed E-state index contributed by atoms with van der Waals surface area (Å²) in [7, 11) is 0. The Balaban J connectivity index is 4.60. The van der Waals surface area contributed by atoms with Gasteiger partial charge in [0.25, 0.3) is 0 Å². The van der Waals surface area contributed by atoms with Crippen molar-refractivity contribution in [3.05, 3.63) is 16.9 Å². The molecule has 1 nitrogen and oxygen atoms in total. The summed E-state index contributed by atoms with van der Waals surface area (Å²) in [6.45, 7) is 9.47. The fourth-order valence-corrected chi connectivity index (χ4v) is 0.926. The van der Waals surface area contributed by atoms with Crippen LogP contribution in [0.5, 0.6) is 0 Å². The van der Waals surface area contributed by atoms with Gasteiger partial charge in [-0.15, -0.1) is 5.73 Å². The summed E-state index contributed by atoms with van der Waals surface area (Å²) in [5.41, 5.74) is 4.03. The van der Waals surface area contributed by atoms with Crippen molar-refractivity contribution in [2.24, 2.45) is 0 Å². The molecule has 0 radical (unpaired) electrons. The molecule has 0 saturated heterocycles. The van der Waals surface area contributed by atoms with Gasteiger partial charge in [0.2, 0.25) is 0 Å². The lowest BCUT2D eigenvalue weighted by Crippen LogP contribution is -2.19. The fraction of sp³-hybridized carbons (Fsp3) is 0.643. The van der Waals surface area contributed by atoms with Crippen LogP contribution >= 0.6 is 0 Å². The van der Waals surface area contributed by atoms with Gasteiger partial charge in [-0.3, -0.25) is 0 Å².